The zero-order chi connectivity index (χ0) is 10.8. The van der Waals surface area contributed by atoms with Crippen LogP contribution in [0.25, 0.3) is 11.3 Å². The average molecular weight is 225 g/mol. The van der Waals surface area contributed by atoms with Gasteiger partial charge in [0.15, 0.2) is 10.9 Å². The third-order valence-corrected chi connectivity index (χ3v) is 2.05. The summed E-state index contributed by atoms with van der Waals surface area (Å²) in [5, 5.41) is 12.1. The topological polar surface area (TPSA) is 76.2 Å². The molecule has 0 saturated heterocycles. The van der Waals surface area contributed by atoms with Crippen LogP contribution >= 0.6 is 11.6 Å². The van der Waals surface area contributed by atoms with Crippen LogP contribution in [-0.4, -0.2) is 21.2 Å². The third kappa shape index (κ3) is 1.69. The normalized spacial score (nSPS) is 10.2. The summed E-state index contributed by atoms with van der Waals surface area (Å²) in [7, 11) is 0. The molecule has 0 spiro atoms. The molecule has 0 saturated carbocycles. The Bertz CT molecular complexity index is 495. The number of aromatic nitrogens is 2. The highest BCUT2D eigenvalue weighted by Gasteiger charge is 2.22. The second-order valence-electron chi connectivity index (χ2n) is 2.72. The lowest BCUT2D eigenvalue weighted by molar-refractivity contribution is 0.0697. The molecule has 0 bridgehead atoms. The van der Waals surface area contributed by atoms with Crippen molar-refractivity contribution in [1.82, 2.24) is 10.1 Å². The highest BCUT2D eigenvalue weighted by Crippen LogP contribution is 2.28. The highest BCUT2D eigenvalue weighted by molar-refractivity contribution is 6.32. The van der Waals surface area contributed by atoms with Crippen molar-refractivity contribution in [2.75, 3.05) is 0 Å². The van der Waals surface area contributed by atoms with Gasteiger partial charge in [0.25, 0.3) is 0 Å². The number of hydrogen-bond acceptors (Lipinski definition) is 4. The van der Waals surface area contributed by atoms with Crippen molar-refractivity contribution in [3.63, 3.8) is 0 Å². The fourth-order valence-electron chi connectivity index (χ4n) is 1.15. The maximum Gasteiger partial charge on any atom is 0.342 e. The van der Waals surface area contributed by atoms with Gasteiger partial charge in [-0.15, -0.1) is 0 Å². The van der Waals surface area contributed by atoms with E-state index in [1.807, 2.05) is 0 Å². The van der Waals surface area contributed by atoms with Crippen LogP contribution in [0, 0.1) is 0 Å². The maximum atomic E-state index is 10.9. The molecule has 0 atom stereocenters. The Morgan fingerprint density at radius 2 is 2.33 bits per heavy atom. The molecule has 0 radical (unpaired) electrons. The monoisotopic (exact) mass is 224 g/mol. The Labute approximate surface area is 89.3 Å². The number of hydrogen-bond donors (Lipinski definition) is 1. The van der Waals surface area contributed by atoms with Crippen molar-refractivity contribution < 1.29 is 14.4 Å². The summed E-state index contributed by atoms with van der Waals surface area (Å²) >= 11 is 5.58. The Morgan fingerprint density at radius 1 is 1.53 bits per heavy atom. The van der Waals surface area contributed by atoms with E-state index in [1.54, 1.807) is 18.3 Å². The second-order valence-corrected chi connectivity index (χ2v) is 3.08. The van der Waals surface area contributed by atoms with Crippen LogP contribution in [0.1, 0.15) is 10.4 Å². The molecule has 2 aromatic heterocycles. The van der Waals surface area contributed by atoms with E-state index in [2.05, 4.69) is 10.1 Å². The molecule has 0 fully saturated rings. The fourth-order valence-corrected chi connectivity index (χ4v) is 1.35. The molecule has 2 heterocycles. The molecule has 0 aliphatic heterocycles. The molecule has 2 aromatic rings. The first kappa shape index (κ1) is 9.67. The fraction of sp³-hybridized carbons (Fsp3) is 0. The Morgan fingerprint density at radius 3 is 2.93 bits per heavy atom. The number of halogens is 1. The lowest BCUT2D eigenvalue weighted by Gasteiger charge is -1.95. The van der Waals surface area contributed by atoms with Gasteiger partial charge in [0.2, 0.25) is 0 Å². The van der Waals surface area contributed by atoms with Gasteiger partial charge in [-0.25, -0.2) is 4.79 Å². The minimum Gasteiger partial charge on any atom is -0.477 e. The van der Waals surface area contributed by atoms with Gasteiger partial charge in [0.1, 0.15) is 5.56 Å². The molecule has 0 amide bonds. The van der Waals surface area contributed by atoms with Crippen molar-refractivity contribution >= 4 is 17.6 Å². The SMILES string of the molecule is O=C(O)c1c(Cl)noc1-c1cccnc1. The maximum absolute atomic E-state index is 10.9. The van der Waals surface area contributed by atoms with Crippen LogP contribution in [0.5, 0.6) is 0 Å². The van der Waals surface area contributed by atoms with Crippen molar-refractivity contribution in [3.8, 4) is 11.3 Å². The van der Waals surface area contributed by atoms with Crippen LogP contribution in [0.15, 0.2) is 29.0 Å². The van der Waals surface area contributed by atoms with Gasteiger partial charge in [-0.05, 0) is 12.1 Å². The zero-order valence-corrected chi connectivity index (χ0v) is 8.10. The van der Waals surface area contributed by atoms with Crippen LogP contribution in [0.4, 0.5) is 0 Å². The molecule has 6 heteroatoms. The third-order valence-electron chi connectivity index (χ3n) is 1.79. The quantitative estimate of drug-likeness (QED) is 0.845. The molecular formula is C9H5ClN2O3. The Kier molecular flexibility index (Phi) is 2.39. The van der Waals surface area contributed by atoms with Gasteiger partial charge >= 0.3 is 5.97 Å². The smallest absolute Gasteiger partial charge is 0.342 e. The summed E-state index contributed by atoms with van der Waals surface area (Å²) in [6.45, 7) is 0. The lowest BCUT2D eigenvalue weighted by Crippen LogP contribution is -1.97. The summed E-state index contributed by atoms with van der Waals surface area (Å²) in [5.74, 6) is -1.07. The van der Waals surface area contributed by atoms with Gasteiger partial charge in [-0.1, -0.05) is 16.8 Å². The van der Waals surface area contributed by atoms with E-state index < -0.39 is 5.97 Å². The van der Waals surface area contributed by atoms with Crippen LogP contribution < -0.4 is 0 Å². The van der Waals surface area contributed by atoms with Gasteiger partial charge in [0.05, 0.1) is 0 Å². The van der Waals surface area contributed by atoms with Crippen LogP contribution in [-0.2, 0) is 0 Å². The van der Waals surface area contributed by atoms with E-state index in [-0.39, 0.29) is 16.5 Å². The first-order valence-electron chi connectivity index (χ1n) is 3.99. The van der Waals surface area contributed by atoms with Gasteiger partial charge in [0, 0.05) is 18.0 Å². The van der Waals surface area contributed by atoms with Crippen molar-refractivity contribution in [3.05, 3.63) is 35.2 Å². The number of carboxylic acid groups (broad SMARTS) is 1. The lowest BCUT2D eigenvalue weighted by atomic mass is 10.1. The van der Waals surface area contributed by atoms with E-state index in [1.165, 1.54) is 6.20 Å². The number of carboxylic acids is 1. The Hall–Kier alpha value is -1.88. The molecule has 5 nitrogen and oxygen atoms in total. The summed E-state index contributed by atoms with van der Waals surface area (Å²) in [6.07, 6.45) is 3.05. The second kappa shape index (κ2) is 3.70. The number of aromatic carboxylic acids is 1. The Balaban J connectivity index is 2.59. The van der Waals surface area contributed by atoms with Crippen molar-refractivity contribution in [1.29, 1.82) is 0 Å². The van der Waals surface area contributed by atoms with Crippen LogP contribution in [0.2, 0.25) is 5.15 Å². The van der Waals surface area contributed by atoms with E-state index in [0.29, 0.717) is 5.56 Å². The minimum atomic E-state index is -1.18. The predicted octanol–water partition coefficient (Wildman–Crippen LogP) is 2.09. The zero-order valence-electron chi connectivity index (χ0n) is 7.35. The molecule has 76 valence electrons. The molecule has 1 N–H and O–H groups in total. The molecule has 0 aliphatic rings. The van der Waals surface area contributed by atoms with Crippen molar-refractivity contribution in [2.24, 2.45) is 0 Å². The summed E-state index contributed by atoms with van der Waals surface area (Å²) in [5.41, 5.74) is 0.374. The number of rotatable bonds is 2. The summed E-state index contributed by atoms with van der Waals surface area (Å²) in [6, 6.07) is 3.33. The van der Waals surface area contributed by atoms with Crippen LogP contribution in [0.3, 0.4) is 0 Å². The first-order chi connectivity index (χ1) is 7.20. The molecule has 2 rings (SSSR count). The number of carbonyl (C=O) groups is 1. The molecule has 0 aromatic carbocycles. The largest absolute Gasteiger partial charge is 0.477 e. The van der Waals surface area contributed by atoms with E-state index in [0.717, 1.165) is 0 Å². The molecule has 0 unspecified atom stereocenters. The molecule has 15 heavy (non-hydrogen) atoms. The average Bonchev–Trinajstić information content (AvgIpc) is 2.61. The van der Waals surface area contributed by atoms with Gasteiger partial charge in [-0.2, -0.15) is 0 Å². The highest BCUT2D eigenvalue weighted by atomic mass is 35.5. The summed E-state index contributed by atoms with van der Waals surface area (Å²) < 4.78 is 4.84. The molecule has 0 aliphatic carbocycles. The number of pyridine rings is 1. The molecular weight excluding hydrogens is 220 g/mol. The van der Waals surface area contributed by atoms with Crippen molar-refractivity contribution in [2.45, 2.75) is 0 Å². The first-order valence-corrected chi connectivity index (χ1v) is 4.37. The van der Waals surface area contributed by atoms with E-state index in [4.69, 9.17) is 21.2 Å². The van der Waals surface area contributed by atoms with Gasteiger partial charge in [-0.3, -0.25) is 4.98 Å². The standard InChI is InChI=1S/C9H5ClN2O3/c10-8-6(9(13)14)7(15-12-8)5-2-1-3-11-4-5/h1-4H,(H,13,14). The van der Waals surface area contributed by atoms with E-state index in [9.17, 15) is 4.79 Å². The summed E-state index contributed by atoms with van der Waals surface area (Å²) in [4.78, 5) is 14.7. The minimum absolute atomic E-state index is 0.112. The predicted molar refractivity (Wildman–Crippen MR) is 51.7 cm³/mol. The van der Waals surface area contributed by atoms with E-state index >= 15 is 0 Å². The number of nitrogens with zero attached hydrogens (tertiary/aromatic N) is 2. The van der Waals surface area contributed by atoms with Gasteiger partial charge < -0.3 is 9.63 Å².